The highest BCUT2D eigenvalue weighted by atomic mass is 16.5. The van der Waals surface area contributed by atoms with E-state index in [9.17, 15) is 9.59 Å². The molecule has 1 aliphatic heterocycles. The van der Waals surface area contributed by atoms with E-state index in [4.69, 9.17) is 21.7 Å². The molecule has 1 heterocycles. The molecule has 0 aromatic heterocycles. The van der Waals surface area contributed by atoms with Crippen LogP contribution in [0.1, 0.15) is 27.0 Å². The van der Waals surface area contributed by atoms with E-state index in [1.165, 1.54) is 5.56 Å². The maximum atomic E-state index is 12.7. The fourth-order valence-electron chi connectivity index (χ4n) is 3.64. The van der Waals surface area contributed by atoms with Gasteiger partial charge in [0.2, 0.25) is 0 Å². The predicted octanol–water partition coefficient (Wildman–Crippen LogP) is 1.72. The van der Waals surface area contributed by atoms with Crippen molar-refractivity contribution >= 4 is 23.4 Å². The van der Waals surface area contributed by atoms with Crippen LogP contribution in [0.15, 0.2) is 42.5 Å². The molecule has 0 saturated carbocycles. The number of hydrogen-bond acceptors (Lipinski definition) is 6. The molecule has 172 valence electrons. The summed E-state index contributed by atoms with van der Waals surface area (Å²) < 4.78 is 4.94. The molecule has 2 aromatic rings. The number of esters is 1. The molecule has 1 aliphatic rings. The van der Waals surface area contributed by atoms with Crippen LogP contribution in [0, 0.1) is 17.8 Å². The molecule has 0 fully saturated rings. The first-order valence-electron chi connectivity index (χ1n) is 10.7. The molecular formula is C25H28N4O4. The lowest BCUT2D eigenvalue weighted by atomic mass is 9.99. The number of terminal acetylenes is 1. The number of nitrogens with zero attached hydrogens (tertiary/aromatic N) is 2. The van der Waals surface area contributed by atoms with E-state index in [2.05, 4.69) is 11.2 Å². The van der Waals surface area contributed by atoms with Gasteiger partial charge >= 0.3 is 5.97 Å². The summed E-state index contributed by atoms with van der Waals surface area (Å²) in [5, 5.41) is 19.9. The minimum Gasteiger partial charge on any atom is -0.462 e. The number of carbonyl (C=O) groups excluding carboxylic acids is 2. The van der Waals surface area contributed by atoms with Crippen LogP contribution in [0.4, 0.5) is 5.69 Å². The monoisotopic (exact) mass is 448 g/mol. The van der Waals surface area contributed by atoms with Gasteiger partial charge in [-0.25, -0.2) is 0 Å². The van der Waals surface area contributed by atoms with E-state index in [-0.39, 0.29) is 31.6 Å². The summed E-state index contributed by atoms with van der Waals surface area (Å²) in [6.07, 6.45) is 6.10. The standard InChI is InChI=1S/C25H28N4O4/c1-3-11-28(2)24(26)19-4-6-20(7-5-19)25(32)27-22-9-8-18-10-12-29(16-21(18)15-22)17-23(31)33-14-13-30/h1,4-9,15,26,30H,10-14,16-17H2,2H3,(H,27,32). The van der Waals surface area contributed by atoms with Crippen LogP contribution in [0.25, 0.3) is 0 Å². The highest BCUT2D eigenvalue weighted by Crippen LogP contribution is 2.23. The third-order valence-electron chi connectivity index (χ3n) is 5.39. The van der Waals surface area contributed by atoms with Gasteiger partial charge in [-0.05, 0) is 41.8 Å². The van der Waals surface area contributed by atoms with Crippen molar-refractivity contribution in [3.05, 3.63) is 64.7 Å². The van der Waals surface area contributed by atoms with Crippen molar-refractivity contribution in [2.75, 3.05) is 45.2 Å². The van der Waals surface area contributed by atoms with Crippen LogP contribution in [0.3, 0.4) is 0 Å². The molecular weight excluding hydrogens is 420 g/mol. The summed E-state index contributed by atoms with van der Waals surface area (Å²) in [5.41, 5.74) is 4.07. The molecule has 0 unspecified atom stereocenters. The highest BCUT2D eigenvalue weighted by Gasteiger charge is 2.20. The number of amidine groups is 1. The molecule has 0 radical (unpaired) electrons. The molecule has 0 saturated heterocycles. The first kappa shape index (κ1) is 24.0. The zero-order chi connectivity index (χ0) is 23.8. The van der Waals surface area contributed by atoms with Gasteiger partial charge in [-0.1, -0.05) is 24.1 Å². The van der Waals surface area contributed by atoms with Crippen molar-refractivity contribution in [3.8, 4) is 12.3 Å². The minimum absolute atomic E-state index is 0.00314. The average Bonchev–Trinajstić information content (AvgIpc) is 2.82. The summed E-state index contributed by atoms with van der Waals surface area (Å²) in [5.74, 6) is 2.19. The zero-order valence-corrected chi connectivity index (χ0v) is 18.6. The quantitative estimate of drug-likeness (QED) is 0.246. The van der Waals surface area contributed by atoms with Gasteiger partial charge in [0.1, 0.15) is 12.4 Å². The highest BCUT2D eigenvalue weighted by molar-refractivity contribution is 6.05. The number of hydrogen-bond donors (Lipinski definition) is 3. The van der Waals surface area contributed by atoms with E-state index in [1.807, 2.05) is 23.1 Å². The number of carbonyl (C=O) groups is 2. The summed E-state index contributed by atoms with van der Waals surface area (Å²) >= 11 is 0. The summed E-state index contributed by atoms with van der Waals surface area (Å²) in [7, 11) is 1.75. The molecule has 8 nitrogen and oxygen atoms in total. The molecule has 33 heavy (non-hydrogen) atoms. The number of anilines is 1. The normalized spacial score (nSPS) is 12.9. The van der Waals surface area contributed by atoms with Crippen molar-refractivity contribution in [2.24, 2.45) is 0 Å². The van der Waals surface area contributed by atoms with Crippen LogP contribution in [-0.4, -0.2) is 72.5 Å². The fourth-order valence-corrected chi connectivity index (χ4v) is 3.64. The van der Waals surface area contributed by atoms with Gasteiger partial charge in [-0.3, -0.25) is 19.9 Å². The van der Waals surface area contributed by atoms with Crippen LogP contribution in [0.2, 0.25) is 0 Å². The van der Waals surface area contributed by atoms with Gasteiger partial charge in [0.05, 0.1) is 19.7 Å². The Hall–Kier alpha value is -3.67. The Bertz CT molecular complexity index is 1060. The molecule has 0 atom stereocenters. The minimum atomic E-state index is -0.362. The molecule has 1 amide bonds. The third-order valence-corrected chi connectivity index (χ3v) is 5.39. The summed E-state index contributed by atoms with van der Waals surface area (Å²) in [6, 6.07) is 12.6. The van der Waals surface area contributed by atoms with Gasteiger partial charge in [0.25, 0.3) is 5.91 Å². The lowest BCUT2D eigenvalue weighted by Crippen LogP contribution is -2.35. The van der Waals surface area contributed by atoms with Crippen molar-refractivity contribution in [3.63, 3.8) is 0 Å². The maximum absolute atomic E-state index is 12.7. The number of aliphatic hydroxyl groups excluding tert-OH is 1. The zero-order valence-electron chi connectivity index (χ0n) is 18.6. The Labute approximate surface area is 193 Å². The largest absolute Gasteiger partial charge is 0.462 e. The molecule has 0 bridgehead atoms. The van der Waals surface area contributed by atoms with E-state index >= 15 is 0 Å². The van der Waals surface area contributed by atoms with Crippen molar-refractivity contribution in [2.45, 2.75) is 13.0 Å². The number of rotatable bonds is 8. The smallest absolute Gasteiger partial charge is 0.320 e. The van der Waals surface area contributed by atoms with Gasteiger partial charge in [0, 0.05) is 37.0 Å². The number of benzene rings is 2. The molecule has 3 rings (SSSR count). The second-order valence-electron chi connectivity index (χ2n) is 7.83. The van der Waals surface area contributed by atoms with Crippen LogP contribution < -0.4 is 5.32 Å². The van der Waals surface area contributed by atoms with Gasteiger partial charge in [0.15, 0.2) is 0 Å². The Balaban J connectivity index is 1.62. The number of ether oxygens (including phenoxy) is 1. The van der Waals surface area contributed by atoms with Crippen LogP contribution in [-0.2, 0) is 22.5 Å². The van der Waals surface area contributed by atoms with Gasteiger partial charge in [-0.15, -0.1) is 6.42 Å². The maximum Gasteiger partial charge on any atom is 0.320 e. The van der Waals surface area contributed by atoms with Crippen molar-refractivity contribution < 1.29 is 19.4 Å². The van der Waals surface area contributed by atoms with Crippen molar-refractivity contribution in [1.29, 1.82) is 5.41 Å². The van der Waals surface area contributed by atoms with E-state index in [0.29, 0.717) is 35.7 Å². The first-order chi connectivity index (χ1) is 15.9. The van der Waals surface area contributed by atoms with Crippen LogP contribution in [0.5, 0.6) is 0 Å². The number of aliphatic hydroxyl groups is 1. The Morgan fingerprint density at radius 3 is 2.64 bits per heavy atom. The fraction of sp³-hybridized carbons (Fsp3) is 0.320. The number of nitrogens with one attached hydrogen (secondary N) is 2. The van der Waals surface area contributed by atoms with Crippen LogP contribution >= 0.6 is 0 Å². The molecule has 3 N–H and O–H groups in total. The number of fused-ring (bicyclic) bond motifs is 1. The SMILES string of the molecule is C#CCN(C)C(=N)c1ccc(C(=O)Nc2ccc3c(c2)CN(CC(=O)OCCO)CC3)cc1. The molecule has 0 spiro atoms. The third kappa shape index (κ3) is 6.42. The van der Waals surface area contributed by atoms with E-state index in [0.717, 1.165) is 18.5 Å². The van der Waals surface area contributed by atoms with Crippen molar-refractivity contribution in [1.82, 2.24) is 9.80 Å². The first-order valence-corrected chi connectivity index (χ1v) is 10.7. The summed E-state index contributed by atoms with van der Waals surface area (Å²) in [6.45, 7) is 1.63. The van der Waals surface area contributed by atoms with Gasteiger partial charge in [-0.2, -0.15) is 0 Å². The molecule has 8 heteroatoms. The topological polar surface area (TPSA) is 106 Å². The van der Waals surface area contributed by atoms with Gasteiger partial charge < -0.3 is 20.1 Å². The second kappa shape index (κ2) is 11.3. The Morgan fingerprint density at radius 1 is 1.21 bits per heavy atom. The predicted molar refractivity (Wildman–Crippen MR) is 126 cm³/mol. The Morgan fingerprint density at radius 2 is 1.94 bits per heavy atom. The molecule has 2 aromatic carbocycles. The lowest BCUT2D eigenvalue weighted by Gasteiger charge is -2.28. The average molecular weight is 449 g/mol. The molecule has 0 aliphatic carbocycles. The van der Waals surface area contributed by atoms with E-state index in [1.54, 1.807) is 36.2 Å². The second-order valence-corrected chi connectivity index (χ2v) is 7.83. The number of amides is 1. The Kier molecular flexibility index (Phi) is 8.19. The lowest BCUT2D eigenvalue weighted by molar-refractivity contribution is -0.146. The van der Waals surface area contributed by atoms with E-state index < -0.39 is 0 Å². The summed E-state index contributed by atoms with van der Waals surface area (Å²) in [4.78, 5) is 28.2.